The molecule has 4 atom stereocenters. The molecule has 13 heteroatoms. The molecule has 0 saturated carbocycles. The van der Waals surface area contributed by atoms with Crippen molar-refractivity contribution >= 4 is 34.8 Å². The third-order valence-corrected chi connectivity index (χ3v) is 3.98. The highest BCUT2D eigenvalue weighted by Crippen LogP contribution is 2.39. The maximum atomic E-state index is 11.0. The average molecular weight is 352 g/mol. The number of aliphatic hydroxyl groups is 2. The second kappa shape index (κ2) is 6.14. The first-order valence-electron chi connectivity index (χ1n) is 7.02. The van der Waals surface area contributed by atoms with Crippen molar-refractivity contribution < 1.29 is 25.0 Å². The summed E-state index contributed by atoms with van der Waals surface area (Å²) in [5, 5.41) is 32.3. The number of ether oxygens (including phenoxy) is 1. The molecule has 10 N–H and O–H groups in total. The Morgan fingerprint density at radius 2 is 2.12 bits per heavy atom. The van der Waals surface area contributed by atoms with Crippen LogP contribution in [0.1, 0.15) is 11.8 Å². The lowest BCUT2D eigenvalue weighted by Gasteiger charge is -2.20. The lowest BCUT2D eigenvalue weighted by atomic mass is 10.1. The number of nitrogen functional groups attached to an aromatic ring is 2. The standard InChI is InChI=1S/C12H16N8O5/c13-8-4-5(9(14)19-24)11(18-15)20(10(4)17-2-16-8)12-7(23)6(22)3(1-21)25-12/h1-3,6-7,12,18,22-24H,15H2,(H2,14,19)(H2,13,16,17)/t3-,6-,7-,12-/m1/s1. The number of amidine groups is 1. The van der Waals surface area contributed by atoms with E-state index in [1.807, 2.05) is 0 Å². The molecule has 134 valence electrons. The Kier molecular flexibility index (Phi) is 4.13. The quantitative estimate of drug-likeness (QED) is 0.0744. The van der Waals surface area contributed by atoms with Gasteiger partial charge in [-0.05, 0) is 0 Å². The molecule has 3 heterocycles. The molecule has 2 aromatic heterocycles. The number of carbonyl (C=O) groups is 1. The molecule has 0 aromatic carbocycles. The lowest BCUT2D eigenvalue weighted by molar-refractivity contribution is -0.122. The second-order valence-electron chi connectivity index (χ2n) is 5.29. The molecule has 0 aliphatic carbocycles. The van der Waals surface area contributed by atoms with E-state index in [0.717, 1.165) is 6.33 Å². The van der Waals surface area contributed by atoms with Crippen molar-refractivity contribution in [3.8, 4) is 0 Å². The van der Waals surface area contributed by atoms with Crippen molar-refractivity contribution in [2.24, 2.45) is 16.7 Å². The number of fused-ring (bicyclic) bond motifs is 1. The summed E-state index contributed by atoms with van der Waals surface area (Å²) in [5.74, 6) is 5.23. The van der Waals surface area contributed by atoms with Crippen LogP contribution in [-0.4, -0.2) is 60.4 Å². The van der Waals surface area contributed by atoms with Gasteiger partial charge >= 0.3 is 0 Å². The van der Waals surface area contributed by atoms with Gasteiger partial charge < -0.3 is 41.8 Å². The summed E-state index contributed by atoms with van der Waals surface area (Å²) >= 11 is 0. The predicted molar refractivity (Wildman–Crippen MR) is 84.2 cm³/mol. The van der Waals surface area contributed by atoms with Gasteiger partial charge in [-0.2, -0.15) is 0 Å². The van der Waals surface area contributed by atoms with Crippen molar-refractivity contribution in [2.45, 2.75) is 24.5 Å². The smallest absolute Gasteiger partial charge is 0.174 e. The number of oxime groups is 1. The summed E-state index contributed by atoms with van der Waals surface area (Å²) in [5.41, 5.74) is 14.1. The van der Waals surface area contributed by atoms with Crippen molar-refractivity contribution in [3.63, 3.8) is 0 Å². The van der Waals surface area contributed by atoms with Crippen LogP contribution in [-0.2, 0) is 9.53 Å². The van der Waals surface area contributed by atoms with Gasteiger partial charge in [0.25, 0.3) is 0 Å². The average Bonchev–Trinajstić information content (AvgIpc) is 3.10. The number of carbonyl (C=O) groups excluding carboxylic acids is 1. The van der Waals surface area contributed by atoms with E-state index in [1.165, 1.54) is 4.57 Å². The van der Waals surface area contributed by atoms with E-state index in [4.69, 9.17) is 27.3 Å². The van der Waals surface area contributed by atoms with E-state index in [2.05, 4.69) is 20.5 Å². The highest BCUT2D eigenvalue weighted by molar-refractivity contribution is 6.15. The summed E-state index contributed by atoms with van der Waals surface area (Å²) in [4.78, 5) is 18.9. The van der Waals surface area contributed by atoms with Gasteiger partial charge in [0.2, 0.25) is 0 Å². The number of aldehydes is 1. The molecule has 25 heavy (non-hydrogen) atoms. The van der Waals surface area contributed by atoms with Crippen LogP contribution in [0.4, 0.5) is 11.6 Å². The third-order valence-electron chi connectivity index (χ3n) is 3.98. The van der Waals surface area contributed by atoms with E-state index >= 15 is 0 Å². The summed E-state index contributed by atoms with van der Waals surface area (Å²) in [6.07, 6.45) is -3.92. The largest absolute Gasteiger partial charge is 0.409 e. The van der Waals surface area contributed by atoms with Crippen LogP contribution in [0.25, 0.3) is 11.0 Å². The van der Waals surface area contributed by atoms with Gasteiger partial charge in [0, 0.05) is 0 Å². The normalized spacial score (nSPS) is 26.9. The number of hydrogen-bond acceptors (Lipinski definition) is 11. The van der Waals surface area contributed by atoms with Gasteiger partial charge in [0.05, 0.1) is 10.9 Å². The lowest BCUT2D eigenvalue weighted by Crippen LogP contribution is -2.32. The molecular formula is C12H16N8O5. The van der Waals surface area contributed by atoms with E-state index in [9.17, 15) is 15.0 Å². The van der Waals surface area contributed by atoms with Crippen LogP contribution in [0, 0.1) is 0 Å². The van der Waals surface area contributed by atoms with E-state index in [0.29, 0.717) is 6.29 Å². The molecular weight excluding hydrogens is 336 g/mol. The Labute approximate surface area is 139 Å². The third kappa shape index (κ3) is 2.33. The Bertz CT molecular complexity index is 852. The van der Waals surface area contributed by atoms with Crippen LogP contribution in [0.15, 0.2) is 11.5 Å². The number of nitrogens with zero attached hydrogens (tertiary/aromatic N) is 4. The maximum absolute atomic E-state index is 11.0. The van der Waals surface area contributed by atoms with E-state index in [1.54, 1.807) is 0 Å². The van der Waals surface area contributed by atoms with Gasteiger partial charge in [-0.1, -0.05) is 5.16 Å². The fourth-order valence-electron chi connectivity index (χ4n) is 2.86. The van der Waals surface area contributed by atoms with Gasteiger partial charge in [-0.25, -0.2) is 15.8 Å². The summed E-state index contributed by atoms with van der Waals surface area (Å²) in [6.45, 7) is 0. The van der Waals surface area contributed by atoms with Crippen molar-refractivity contribution in [1.29, 1.82) is 0 Å². The minimum atomic E-state index is -1.48. The van der Waals surface area contributed by atoms with Crippen LogP contribution in [0.2, 0.25) is 0 Å². The molecule has 3 rings (SSSR count). The van der Waals surface area contributed by atoms with Gasteiger partial charge in [-0.15, -0.1) is 0 Å². The first-order valence-corrected chi connectivity index (χ1v) is 7.02. The molecule has 0 amide bonds. The number of rotatable bonds is 4. The van der Waals surface area contributed by atoms with Crippen LogP contribution in [0.5, 0.6) is 0 Å². The fourth-order valence-corrected chi connectivity index (χ4v) is 2.86. The van der Waals surface area contributed by atoms with E-state index < -0.39 is 24.5 Å². The molecule has 0 unspecified atom stereocenters. The minimum Gasteiger partial charge on any atom is -0.409 e. The SMILES string of the molecule is NNc1c(C(N)=NO)c2c(N)ncnc2n1[C@@H]1O[C@H](C=O)[C@@H](O)[C@H]1O. The number of hydrogen-bond donors (Lipinski definition) is 7. The Hall–Kier alpha value is -3.00. The monoisotopic (exact) mass is 352 g/mol. The second-order valence-corrected chi connectivity index (χ2v) is 5.29. The van der Waals surface area contributed by atoms with Gasteiger partial charge in [0.1, 0.15) is 41.9 Å². The number of nitrogens with two attached hydrogens (primary N) is 3. The molecule has 13 nitrogen and oxygen atoms in total. The van der Waals surface area contributed by atoms with Crippen molar-refractivity contribution in [1.82, 2.24) is 14.5 Å². The maximum Gasteiger partial charge on any atom is 0.174 e. The number of nitrogens with one attached hydrogen (secondary N) is 1. The van der Waals surface area contributed by atoms with E-state index in [-0.39, 0.29) is 34.1 Å². The number of anilines is 2. The zero-order chi connectivity index (χ0) is 18.3. The Morgan fingerprint density at radius 1 is 1.40 bits per heavy atom. The molecule has 0 bridgehead atoms. The summed E-state index contributed by atoms with van der Waals surface area (Å²) in [7, 11) is 0. The predicted octanol–water partition coefficient (Wildman–Crippen LogP) is -2.79. The molecule has 2 aromatic rings. The molecule has 1 aliphatic rings. The fraction of sp³-hybridized carbons (Fsp3) is 0.333. The highest BCUT2D eigenvalue weighted by Gasteiger charge is 2.45. The molecule has 1 saturated heterocycles. The Morgan fingerprint density at radius 3 is 2.68 bits per heavy atom. The first-order chi connectivity index (χ1) is 12.0. The molecule has 0 spiro atoms. The van der Waals surface area contributed by atoms with Gasteiger partial charge in [0.15, 0.2) is 18.3 Å². The van der Waals surface area contributed by atoms with Crippen LogP contribution >= 0.6 is 0 Å². The van der Waals surface area contributed by atoms with Crippen molar-refractivity contribution in [3.05, 3.63) is 11.9 Å². The van der Waals surface area contributed by atoms with Crippen molar-refractivity contribution in [2.75, 3.05) is 11.2 Å². The first kappa shape index (κ1) is 16.8. The molecule has 1 aliphatic heterocycles. The van der Waals surface area contributed by atoms with Crippen LogP contribution < -0.4 is 22.7 Å². The molecule has 0 radical (unpaired) electrons. The number of aliphatic hydroxyl groups excluding tert-OH is 2. The summed E-state index contributed by atoms with van der Waals surface area (Å²) in [6, 6.07) is 0. The zero-order valence-corrected chi connectivity index (χ0v) is 12.6. The summed E-state index contributed by atoms with van der Waals surface area (Å²) < 4.78 is 6.64. The zero-order valence-electron chi connectivity index (χ0n) is 12.6. The Balaban J connectivity index is 2.33. The molecule has 1 fully saturated rings. The minimum absolute atomic E-state index is 0.00169. The number of hydrazine groups is 1. The number of aromatic nitrogens is 3. The highest BCUT2D eigenvalue weighted by atomic mass is 16.6. The van der Waals surface area contributed by atoms with Crippen LogP contribution in [0.3, 0.4) is 0 Å². The van der Waals surface area contributed by atoms with Gasteiger partial charge in [-0.3, -0.25) is 4.57 Å². The topological polar surface area (TPSA) is 220 Å².